The van der Waals surface area contributed by atoms with Gasteiger partial charge in [0.2, 0.25) is 11.8 Å². The molecule has 2 aromatic rings. The lowest BCUT2D eigenvalue weighted by molar-refractivity contribution is 0.167. The fourth-order valence-corrected chi connectivity index (χ4v) is 2.59. The second-order valence-corrected chi connectivity index (χ2v) is 5.32. The smallest absolute Gasteiger partial charge is 0.247 e. The van der Waals surface area contributed by atoms with Crippen molar-refractivity contribution in [2.45, 2.75) is 19.4 Å². The van der Waals surface area contributed by atoms with Gasteiger partial charge in [-0.05, 0) is 50.5 Å². The number of likely N-dealkylation sites (tertiary alicyclic amines) is 1. The van der Waals surface area contributed by atoms with Crippen molar-refractivity contribution in [3.8, 4) is 11.5 Å². The second-order valence-electron chi connectivity index (χ2n) is 5.32. The molecule has 1 aliphatic heterocycles. The van der Waals surface area contributed by atoms with Crippen molar-refractivity contribution in [2.24, 2.45) is 11.7 Å². The third kappa shape index (κ3) is 3.05. The van der Waals surface area contributed by atoms with Crippen LogP contribution in [0.4, 0.5) is 0 Å². The predicted octanol–water partition coefficient (Wildman–Crippen LogP) is 1.91. The van der Waals surface area contributed by atoms with E-state index >= 15 is 0 Å². The van der Waals surface area contributed by atoms with Gasteiger partial charge in [0.05, 0.1) is 6.54 Å². The molecule has 1 aliphatic rings. The maximum atomic E-state index is 5.74. The van der Waals surface area contributed by atoms with Crippen LogP contribution in [0.15, 0.2) is 34.7 Å². The van der Waals surface area contributed by atoms with E-state index in [9.17, 15) is 0 Å². The molecule has 0 radical (unpaired) electrons. The predicted molar refractivity (Wildman–Crippen MR) is 76.8 cm³/mol. The fraction of sp³-hybridized carbons (Fsp3) is 0.467. The summed E-state index contributed by atoms with van der Waals surface area (Å²) >= 11 is 0. The first-order valence-electron chi connectivity index (χ1n) is 7.15. The van der Waals surface area contributed by atoms with Gasteiger partial charge in [-0.15, -0.1) is 10.2 Å². The van der Waals surface area contributed by atoms with Crippen LogP contribution in [0.25, 0.3) is 11.5 Å². The van der Waals surface area contributed by atoms with Gasteiger partial charge in [-0.1, -0.05) is 18.2 Å². The first kappa shape index (κ1) is 13.3. The van der Waals surface area contributed by atoms with Crippen molar-refractivity contribution in [1.82, 2.24) is 15.1 Å². The van der Waals surface area contributed by atoms with Gasteiger partial charge in [-0.2, -0.15) is 0 Å². The van der Waals surface area contributed by atoms with Crippen LogP contribution in [-0.2, 0) is 6.54 Å². The second kappa shape index (κ2) is 6.15. The van der Waals surface area contributed by atoms with E-state index in [-0.39, 0.29) is 0 Å². The molecule has 20 heavy (non-hydrogen) atoms. The molecule has 106 valence electrons. The molecule has 3 rings (SSSR count). The van der Waals surface area contributed by atoms with Crippen LogP contribution in [0.5, 0.6) is 0 Å². The number of rotatable bonds is 4. The van der Waals surface area contributed by atoms with Gasteiger partial charge in [0.15, 0.2) is 0 Å². The SMILES string of the molecule is NCC1CCN(Cc2nnc(-c3ccccc3)o2)CC1. The Morgan fingerprint density at radius 1 is 1.15 bits per heavy atom. The molecule has 0 spiro atoms. The summed E-state index contributed by atoms with van der Waals surface area (Å²) in [7, 11) is 0. The zero-order valence-electron chi connectivity index (χ0n) is 11.5. The Morgan fingerprint density at radius 2 is 1.90 bits per heavy atom. The Hall–Kier alpha value is -1.72. The highest BCUT2D eigenvalue weighted by Gasteiger charge is 2.20. The van der Waals surface area contributed by atoms with Crippen LogP contribution < -0.4 is 5.73 Å². The Labute approximate surface area is 118 Å². The highest BCUT2D eigenvalue weighted by Crippen LogP contribution is 2.20. The molecule has 1 aromatic heterocycles. The van der Waals surface area contributed by atoms with Gasteiger partial charge in [0.25, 0.3) is 0 Å². The number of aromatic nitrogens is 2. The maximum absolute atomic E-state index is 5.74. The average Bonchev–Trinajstić information content (AvgIpc) is 2.97. The highest BCUT2D eigenvalue weighted by molar-refractivity contribution is 5.51. The van der Waals surface area contributed by atoms with E-state index in [1.807, 2.05) is 30.3 Å². The van der Waals surface area contributed by atoms with Crippen molar-refractivity contribution >= 4 is 0 Å². The van der Waals surface area contributed by atoms with Gasteiger partial charge >= 0.3 is 0 Å². The molecule has 5 nitrogen and oxygen atoms in total. The van der Waals surface area contributed by atoms with Crippen LogP contribution in [0.2, 0.25) is 0 Å². The molecule has 0 bridgehead atoms. The molecular formula is C15H20N4O. The minimum absolute atomic E-state index is 0.595. The number of nitrogens with two attached hydrogens (primary N) is 1. The summed E-state index contributed by atoms with van der Waals surface area (Å²) in [5.74, 6) is 1.96. The van der Waals surface area contributed by atoms with Crippen molar-refractivity contribution in [1.29, 1.82) is 0 Å². The summed E-state index contributed by atoms with van der Waals surface area (Å²) in [4.78, 5) is 2.36. The van der Waals surface area contributed by atoms with E-state index in [4.69, 9.17) is 10.2 Å². The molecule has 1 fully saturated rings. The van der Waals surface area contributed by atoms with Crippen LogP contribution in [0.3, 0.4) is 0 Å². The minimum Gasteiger partial charge on any atom is -0.419 e. The molecule has 2 heterocycles. The van der Waals surface area contributed by atoms with Crippen molar-refractivity contribution in [3.63, 3.8) is 0 Å². The van der Waals surface area contributed by atoms with Crippen LogP contribution in [-0.4, -0.2) is 34.7 Å². The molecule has 2 N–H and O–H groups in total. The number of piperidine rings is 1. The number of hydrogen-bond acceptors (Lipinski definition) is 5. The summed E-state index contributed by atoms with van der Waals surface area (Å²) < 4.78 is 5.74. The van der Waals surface area contributed by atoms with E-state index in [0.29, 0.717) is 17.7 Å². The zero-order chi connectivity index (χ0) is 13.8. The molecular weight excluding hydrogens is 252 g/mol. The van der Waals surface area contributed by atoms with E-state index in [2.05, 4.69) is 15.1 Å². The quantitative estimate of drug-likeness (QED) is 0.920. The molecule has 0 aliphatic carbocycles. The lowest BCUT2D eigenvalue weighted by Crippen LogP contribution is -2.35. The molecule has 5 heteroatoms. The average molecular weight is 272 g/mol. The molecule has 0 saturated carbocycles. The van der Waals surface area contributed by atoms with E-state index in [1.54, 1.807) is 0 Å². The fourth-order valence-electron chi connectivity index (χ4n) is 2.59. The van der Waals surface area contributed by atoms with Gasteiger partial charge in [-0.25, -0.2) is 0 Å². The van der Waals surface area contributed by atoms with Crippen molar-refractivity contribution < 1.29 is 4.42 Å². The van der Waals surface area contributed by atoms with Gasteiger partial charge in [0, 0.05) is 5.56 Å². The lowest BCUT2D eigenvalue weighted by Gasteiger charge is -2.30. The van der Waals surface area contributed by atoms with Crippen LogP contribution in [0.1, 0.15) is 18.7 Å². The number of nitrogens with zero attached hydrogens (tertiary/aromatic N) is 3. The normalized spacial score (nSPS) is 17.4. The molecule has 0 atom stereocenters. The molecule has 0 amide bonds. The molecule has 1 saturated heterocycles. The largest absolute Gasteiger partial charge is 0.419 e. The van der Waals surface area contributed by atoms with Gasteiger partial charge in [-0.3, -0.25) is 4.90 Å². The summed E-state index contributed by atoms with van der Waals surface area (Å²) in [6.45, 7) is 3.65. The lowest BCUT2D eigenvalue weighted by atomic mass is 9.97. The Kier molecular flexibility index (Phi) is 4.08. The Morgan fingerprint density at radius 3 is 2.60 bits per heavy atom. The number of benzene rings is 1. The van der Waals surface area contributed by atoms with Crippen LogP contribution in [0, 0.1) is 5.92 Å². The maximum Gasteiger partial charge on any atom is 0.247 e. The van der Waals surface area contributed by atoms with E-state index in [0.717, 1.165) is 44.6 Å². The third-order valence-electron chi connectivity index (χ3n) is 3.89. The Balaban J connectivity index is 1.61. The molecule has 1 aromatic carbocycles. The minimum atomic E-state index is 0.595. The topological polar surface area (TPSA) is 68.2 Å². The van der Waals surface area contributed by atoms with Crippen molar-refractivity contribution in [3.05, 3.63) is 36.2 Å². The monoisotopic (exact) mass is 272 g/mol. The van der Waals surface area contributed by atoms with Gasteiger partial charge < -0.3 is 10.2 Å². The van der Waals surface area contributed by atoms with Gasteiger partial charge in [0.1, 0.15) is 0 Å². The standard InChI is InChI=1S/C15H20N4O/c16-10-12-6-8-19(9-7-12)11-14-17-18-15(20-14)13-4-2-1-3-5-13/h1-5,12H,6-11,16H2. The first-order chi connectivity index (χ1) is 9.85. The summed E-state index contributed by atoms with van der Waals surface area (Å²) in [5, 5.41) is 8.26. The third-order valence-corrected chi connectivity index (χ3v) is 3.89. The highest BCUT2D eigenvalue weighted by atomic mass is 16.4. The molecule has 0 unspecified atom stereocenters. The summed E-state index contributed by atoms with van der Waals surface area (Å²) in [6.07, 6.45) is 2.33. The Bertz CT molecular complexity index is 532. The first-order valence-corrected chi connectivity index (χ1v) is 7.15. The van der Waals surface area contributed by atoms with E-state index in [1.165, 1.54) is 0 Å². The summed E-state index contributed by atoms with van der Waals surface area (Å²) in [5.41, 5.74) is 6.68. The van der Waals surface area contributed by atoms with E-state index < -0.39 is 0 Å². The summed E-state index contributed by atoms with van der Waals surface area (Å²) in [6, 6.07) is 9.87. The number of hydrogen-bond donors (Lipinski definition) is 1. The van der Waals surface area contributed by atoms with Crippen LogP contribution >= 0.6 is 0 Å². The van der Waals surface area contributed by atoms with Crippen molar-refractivity contribution in [2.75, 3.05) is 19.6 Å². The zero-order valence-corrected chi connectivity index (χ0v) is 11.5.